The van der Waals surface area contributed by atoms with E-state index in [9.17, 15) is 0 Å². The van der Waals surface area contributed by atoms with Gasteiger partial charge >= 0.3 is 0 Å². The number of fused-ring (bicyclic) bond motifs is 6. The summed E-state index contributed by atoms with van der Waals surface area (Å²) in [6.07, 6.45) is 14.6. The van der Waals surface area contributed by atoms with Crippen LogP contribution in [0.25, 0.3) is 44.6 Å². The summed E-state index contributed by atoms with van der Waals surface area (Å²) in [6.45, 7) is 27.7. The zero-order valence-electron chi connectivity index (χ0n) is 65.4. The number of nitrogens with zero attached hydrogens (tertiary/aromatic N) is 2. The SMILES string of the molecule is CC1(C)C=C(c2ccc(-c3ccc(N(c4ccc(C5=CC(C)(C)c6ccccc65)cc4)c4ccc(C5=CC(C)(C)c6ccccc65)cc4)cc3)cc2)c2ccccc21.CC1(C)C=C(c2ccc(N(c3ccc(C4=CC(C)(C)c5ccccc54)cc3)c3ccc(C4=CC(C)(C)c5ccccc54)cc3)cc2)c2ccccc21. The van der Waals surface area contributed by atoms with Gasteiger partial charge in [-0.25, -0.2) is 0 Å². The Labute approximate surface area is 651 Å². The van der Waals surface area contributed by atoms with Crippen molar-refractivity contribution in [1.82, 2.24) is 0 Å². The topological polar surface area (TPSA) is 6.48 Å². The van der Waals surface area contributed by atoms with E-state index in [-0.39, 0.29) is 32.5 Å². The number of rotatable bonds is 13. The Hall–Kier alpha value is -12.1. The molecule has 0 saturated carbocycles. The van der Waals surface area contributed by atoms with Gasteiger partial charge in [0.25, 0.3) is 0 Å². The molecule has 0 unspecified atom stereocenters. The maximum Gasteiger partial charge on any atom is 0.0462 e. The summed E-state index contributed by atoms with van der Waals surface area (Å²) in [6, 6.07) is 117. The summed E-state index contributed by atoms with van der Waals surface area (Å²) in [5, 5.41) is 0. The molecular weight excluding hydrogens is 1330 g/mol. The molecule has 0 radical (unpaired) electrons. The average Bonchev–Trinajstić information content (AvgIpc) is 1.48. The number of hydrogen-bond acceptors (Lipinski definition) is 2. The van der Waals surface area contributed by atoms with Crippen molar-refractivity contribution in [2.75, 3.05) is 9.80 Å². The lowest BCUT2D eigenvalue weighted by Crippen LogP contribution is -2.10. The maximum atomic E-state index is 2.43. The first kappa shape index (κ1) is 69.6. The van der Waals surface area contributed by atoms with E-state index >= 15 is 0 Å². The monoisotopic (exact) mass is 1420 g/mol. The lowest BCUT2D eigenvalue weighted by Gasteiger charge is -2.26. The molecule has 0 saturated heterocycles. The third kappa shape index (κ3) is 12.2. The van der Waals surface area contributed by atoms with Crippen molar-refractivity contribution in [3.05, 3.63) is 452 Å². The minimum atomic E-state index is 0.00105. The van der Waals surface area contributed by atoms with Crippen LogP contribution < -0.4 is 9.80 Å². The van der Waals surface area contributed by atoms with Crippen LogP contribution >= 0.6 is 0 Å². The molecule has 19 rings (SSSR count). The normalized spacial score (nSPS) is 16.8. The van der Waals surface area contributed by atoms with Crippen molar-refractivity contribution >= 4 is 67.6 Å². The number of benzene rings is 13. The van der Waals surface area contributed by atoms with E-state index < -0.39 is 0 Å². The second-order valence-electron chi connectivity index (χ2n) is 34.5. The Kier molecular flexibility index (Phi) is 16.7. The zero-order valence-corrected chi connectivity index (χ0v) is 65.4. The molecule has 13 aromatic carbocycles. The van der Waals surface area contributed by atoms with Crippen LogP contribution in [0.3, 0.4) is 0 Å². The van der Waals surface area contributed by atoms with Gasteiger partial charge in [0.2, 0.25) is 0 Å². The second kappa shape index (κ2) is 26.4. The van der Waals surface area contributed by atoms with Gasteiger partial charge in [-0.1, -0.05) is 362 Å². The third-order valence-corrected chi connectivity index (χ3v) is 24.3. The molecule has 2 nitrogen and oxygen atoms in total. The van der Waals surface area contributed by atoms with Crippen molar-refractivity contribution in [2.24, 2.45) is 0 Å². The summed E-state index contributed by atoms with van der Waals surface area (Å²) in [5.74, 6) is 0. The summed E-state index contributed by atoms with van der Waals surface area (Å²) < 4.78 is 0. The Morgan fingerprint density at radius 1 is 0.145 bits per heavy atom. The molecule has 0 N–H and O–H groups in total. The maximum absolute atomic E-state index is 2.43. The molecule has 2 heteroatoms. The van der Waals surface area contributed by atoms with Gasteiger partial charge in [-0.2, -0.15) is 0 Å². The Balaban J connectivity index is 0.000000155. The smallest absolute Gasteiger partial charge is 0.0462 e. The molecule has 536 valence electrons. The van der Waals surface area contributed by atoms with Crippen LogP contribution in [0.1, 0.15) is 183 Å². The van der Waals surface area contributed by atoms with Crippen molar-refractivity contribution in [1.29, 1.82) is 0 Å². The molecule has 0 aliphatic heterocycles. The molecule has 0 bridgehead atoms. The highest BCUT2D eigenvalue weighted by atomic mass is 15.1. The lowest BCUT2D eigenvalue weighted by molar-refractivity contribution is 0.683. The first-order valence-electron chi connectivity index (χ1n) is 39.3. The van der Waals surface area contributed by atoms with Gasteiger partial charge in [-0.15, -0.1) is 0 Å². The minimum absolute atomic E-state index is 0.00105. The fourth-order valence-corrected chi connectivity index (χ4v) is 18.7. The van der Waals surface area contributed by atoms with Gasteiger partial charge in [0.1, 0.15) is 0 Å². The van der Waals surface area contributed by atoms with Crippen LogP contribution in [0, 0.1) is 0 Å². The standard InChI is InChI=1S/C57H49N.C51H45N/c1-55(2)35-49(46-13-7-10-16-52(46)55)40-21-19-38(20-22-40)39-23-29-43(30-24-39)58(44-31-25-41(26-32-44)50-36-56(3,4)53-17-11-8-14-47(50)53)45-33-27-42(28-34-45)51-37-57(5,6)54-18-12-9-15-48(51)54;1-49(2)31-43(40-13-7-10-16-46(40)49)34-19-25-37(26-20-34)52(38-27-21-35(22-28-38)44-32-50(3,4)47-17-11-8-14-41(44)47)39-29-23-36(24-30-39)45-33-51(5,6)48-18-12-9-15-42(45)48/h7-37H,1-6H3;7-33H,1-6H3. The summed E-state index contributed by atoms with van der Waals surface area (Å²) >= 11 is 0. The third-order valence-electron chi connectivity index (χ3n) is 24.3. The molecule has 0 aromatic heterocycles. The van der Waals surface area contributed by atoms with Crippen molar-refractivity contribution in [3.8, 4) is 11.1 Å². The van der Waals surface area contributed by atoms with E-state index in [1.54, 1.807) is 0 Å². The summed E-state index contributed by atoms with van der Waals surface area (Å²) in [4.78, 5) is 4.77. The molecule has 0 spiro atoms. The van der Waals surface area contributed by atoms with Gasteiger partial charge in [-0.05, 0) is 218 Å². The number of anilines is 6. The molecule has 0 atom stereocenters. The molecule has 0 fully saturated rings. The molecule has 6 aliphatic carbocycles. The van der Waals surface area contributed by atoms with E-state index in [4.69, 9.17) is 0 Å². The first-order valence-corrected chi connectivity index (χ1v) is 39.3. The van der Waals surface area contributed by atoms with Gasteiger partial charge in [0, 0.05) is 66.6 Å². The van der Waals surface area contributed by atoms with E-state index in [2.05, 4.69) is 445 Å². The molecular formula is C108H94N2. The summed E-state index contributed by atoms with van der Waals surface area (Å²) in [7, 11) is 0. The molecule has 13 aromatic rings. The molecule has 0 amide bonds. The van der Waals surface area contributed by atoms with Crippen LogP contribution in [-0.2, 0) is 32.5 Å². The van der Waals surface area contributed by atoms with Crippen LogP contribution in [0.4, 0.5) is 34.1 Å². The average molecular weight is 1420 g/mol. The first-order chi connectivity index (χ1) is 53.0. The van der Waals surface area contributed by atoms with Gasteiger partial charge in [0.05, 0.1) is 0 Å². The van der Waals surface area contributed by atoms with Gasteiger partial charge in [0.15, 0.2) is 0 Å². The van der Waals surface area contributed by atoms with Gasteiger partial charge in [-0.3, -0.25) is 0 Å². The number of allylic oxidation sites excluding steroid dienone is 6. The van der Waals surface area contributed by atoms with Crippen LogP contribution in [0.5, 0.6) is 0 Å². The van der Waals surface area contributed by atoms with Crippen molar-refractivity contribution in [3.63, 3.8) is 0 Å². The quantitative estimate of drug-likeness (QED) is 0.114. The zero-order chi connectivity index (χ0) is 75.6. The fourth-order valence-electron chi connectivity index (χ4n) is 18.7. The van der Waals surface area contributed by atoms with E-state index in [1.807, 2.05) is 0 Å². The Morgan fingerprint density at radius 3 is 0.436 bits per heavy atom. The highest BCUT2D eigenvalue weighted by Gasteiger charge is 2.36. The second-order valence-corrected chi connectivity index (χ2v) is 34.5. The van der Waals surface area contributed by atoms with Crippen molar-refractivity contribution in [2.45, 2.75) is 116 Å². The predicted octanol–water partition coefficient (Wildman–Crippen LogP) is 28.3. The van der Waals surface area contributed by atoms with Crippen LogP contribution in [0.2, 0.25) is 0 Å². The highest BCUT2D eigenvalue weighted by molar-refractivity contribution is 5.95. The van der Waals surface area contributed by atoms with Crippen molar-refractivity contribution < 1.29 is 0 Å². The van der Waals surface area contributed by atoms with E-state index in [0.717, 1.165) is 34.1 Å². The van der Waals surface area contributed by atoms with Crippen LogP contribution in [0.15, 0.2) is 352 Å². The van der Waals surface area contributed by atoms with E-state index in [0.29, 0.717) is 0 Å². The minimum Gasteiger partial charge on any atom is -0.311 e. The summed E-state index contributed by atoms with van der Waals surface area (Å²) in [5.41, 5.74) is 40.9. The lowest BCUT2D eigenvalue weighted by atomic mass is 9.87. The Bertz CT molecular complexity index is 5600. The fraction of sp³-hybridized carbons (Fsp3) is 0.167. The Morgan fingerprint density at radius 2 is 0.273 bits per heavy atom. The molecule has 0 heterocycles. The highest BCUT2D eigenvalue weighted by Crippen LogP contribution is 2.51. The molecule has 6 aliphatic rings. The van der Waals surface area contributed by atoms with Gasteiger partial charge < -0.3 is 9.80 Å². The van der Waals surface area contributed by atoms with E-state index in [1.165, 1.54) is 145 Å². The largest absolute Gasteiger partial charge is 0.311 e. The van der Waals surface area contributed by atoms with Crippen LogP contribution in [-0.4, -0.2) is 0 Å². The molecule has 110 heavy (non-hydrogen) atoms. The number of hydrogen-bond donors (Lipinski definition) is 0. The predicted molar refractivity (Wildman–Crippen MR) is 467 cm³/mol.